The van der Waals surface area contributed by atoms with Gasteiger partial charge in [0.2, 0.25) is 0 Å². The minimum Gasteiger partial charge on any atom is -0.398 e. The Morgan fingerprint density at radius 3 is 2.37 bits per heavy atom. The Balaban J connectivity index is 1.90. The molecule has 100 valence electrons. The van der Waals surface area contributed by atoms with Crippen LogP contribution in [0.4, 0.5) is 5.69 Å². The van der Waals surface area contributed by atoms with Crippen LogP contribution >= 0.6 is 11.6 Å². The zero-order valence-electron chi connectivity index (χ0n) is 11.1. The summed E-state index contributed by atoms with van der Waals surface area (Å²) < 4.78 is 0. The van der Waals surface area contributed by atoms with E-state index in [1.54, 1.807) is 0 Å². The van der Waals surface area contributed by atoms with E-state index in [2.05, 4.69) is 18.3 Å². The zero-order valence-corrected chi connectivity index (χ0v) is 11.8. The summed E-state index contributed by atoms with van der Waals surface area (Å²) in [7, 11) is 0. The lowest BCUT2D eigenvalue weighted by Gasteiger charge is -2.15. The van der Waals surface area contributed by atoms with E-state index in [0.717, 1.165) is 29.2 Å². The average Bonchev–Trinajstić information content (AvgIpc) is 2.40. The number of hydrogen-bond acceptors (Lipinski definition) is 2. The predicted molar refractivity (Wildman–Crippen MR) is 82.3 cm³/mol. The molecule has 0 radical (unpaired) electrons. The maximum absolute atomic E-state index is 6.16. The third-order valence-corrected chi connectivity index (χ3v) is 3.55. The molecule has 0 spiro atoms. The Morgan fingerprint density at radius 1 is 1.05 bits per heavy atom. The monoisotopic (exact) mass is 274 g/mol. The van der Waals surface area contributed by atoms with Crippen LogP contribution in [0.1, 0.15) is 18.1 Å². The molecule has 19 heavy (non-hydrogen) atoms. The van der Waals surface area contributed by atoms with E-state index in [-0.39, 0.29) is 0 Å². The number of nitrogens with two attached hydrogens (primary N) is 1. The Morgan fingerprint density at radius 2 is 1.68 bits per heavy atom. The number of anilines is 1. The molecule has 3 heteroatoms. The number of benzene rings is 2. The van der Waals surface area contributed by atoms with Crippen molar-refractivity contribution in [2.45, 2.75) is 25.9 Å². The van der Waals surface area contributed by atoms with E-state index in [1.165, 1.54) is 5.56 Å². The van der Waals surface area contributed by atoms with Gasteiger partial charge in [0.15, 0.2) is 0 Å². The van der Waals surface area contributed by atoms with Crippen molar-refractivity contribution >= 4 is 17.3 Å². The predicted octanol–water partition coefficient (Wildman–Crippen LogP) is 3.64. The Kier molecular flexibility index (Phi) is 4.83. The van der Waals surface area contributed by atoms with Gasteiger partial charge in [-0.2, -0.15) is 0 Å². The van der Waals surface area contributed by atoms with Crippen LogP contribution in [-0.2, 0) is 13.0 Å². The molecule has 2 aromatic carbocycles. The number of para-hydroxylation sites is 1. The first-order chi connectivity index (χ1) is 9.16. The molecule has 1 atom stereocenters. The van der Waals surface area contributed by atoms with Crippen LogP contribution in [0.3, 0.4) is 0 Å². The lowest BCUT2D eigenvalue weighted by molar-refractivity contribution is 0.546. The minimum absolute atomic E-state index is 0.347. The fourth-order valence-electron chi connectivity index (χ4n) is 2.05. The average molecular weight is 275 g/mol. The molecule has 0 aliphatic carbocycles. The largest absolute Gasteiger partial charge is 0.398 e. The van der Waals surface area contributed by atoms with Crippen molar-refractivity contribution in [2.24, 2.45) is 0 Å². The Hall–Kier alpha value is -1.51. The molecule has 0 heterocycles. The van der Waals surface area contributed by atoms with Gasteiger partial charge in [-0.25, -0.2) is 0 Å². The molecule has 0 aliphatic rings. The maximum atomic E-state index is 6.16. The molecule has 0 bridgehead atoms. The second-order valence-electron chi connectivity index (χ2n) is 4.78. The highest BCUT2D eigenvalue weighted by atomic mass is 35.5. The van der Waals surface area contributed by atoms with Gasteiger partial charge in [-0.1, -0.05) is 48.0 Å². The molecular weight excluding hydrogens is 256 g/mol. The first kappa shape index (κ1) is 13.9. The molecule has 1 unspecified atom stereocenters. The van der Waals surface area contributed by atoms with Crippen LogP contribution in [0.5, 0.6) is 0 Å². The van der Waals surface area contributed by atoms with Gasteiger partial charge in [-0.05, 0) is 36.6 Å². The van der Waals surface area contributed by atoms with Gasteiger partial charge in [0, 0.05) is 23.3 Å². The number of nitrogens with one attached hydrogen (secondary N) is 1. The topological polar surface area (TPSA) is 38.0 Å². The van der Waals surface area contributed by atoms with Crippen LogP contribution in [0.15, 0.2) is 48.5 Å². The van der Waals surface area contributed by atoms with E-state index in [1.807, 2.05) is 42.5 Å². The van der Waals surface area contributed by atoms with Crippen LogP contribution in [0.2, 0.25) is 5.02 Å². The zero-order chi connectivity index (χ0) is 13.7. The number of halogens is 1. The van der Waals surface area contributed by atoms with Gasteiger partial charge in [0.05, 0.1) is 0 Å². The standard InChI is InChI=1S/C16H19ClN2/c1-12(10-13-6-2-4-8-15(13)17)19-11-14-7-3-5-9-16(14)18/h2-9,12,19H,10-11,18H2,1H3. The van der Waals surface area contributed by atoms with Gasteiger partial charge < -0.3 is 11.1 Å². The van der Waals surface area contributed by atoms with Crippen LogP contribution in [0.25, 0.3) is 0 Å². The van der Waals surface area contributed by atoms with E-state index in [9.17, 15) is 0 Å². The van der Waals surface area contributed by atoms with Crippen molar-refractivity contribution in [3.05, 3.63) is 64.7 Å². The smallest absolute Gasteiger partial charge is 0.0438 e. The lowest BCUT2D eigenvalue weighted by atomic mass is 10.1. The van der Waals surface area contributed by atoms with Crippen molar-refractivity contribution in [1.82, 2.24) is 5.32 Å². The summed E-state index contributed by atoms with van der Waals surface area (Å²) >= 11 is 6.16. The molecule has 0 fully saturated rings. The summed E-state index contributed by atoms with van der Waals surface area (Å²) in [5.41, 5.74) is 9.06. The molecule has 3 N–H and O–H groups in total. The number of nitrogen functional groups attached to an aromatic ring is 1. The lowest BCUT2D eigenvalue weighted by Crippen LogP contribution is -2.28. The quantitative estimate of drug-likeness (QED) is 0.817. The van der Waals surface area contributed by atoms with Gasteiger partial charge in [0.25, 0.3) is 0 Å². The van der Waals surface area contributed by atoms with E-state index in [4.69, 9.17) is 17.3 Å². The molecule has 2 aromatic rings. The molecular formula is C16H19ClN2. The summed E-state index contributed by atoms with van der Waals surface area (Å²) in [4.78, 5) is 0. The van der Waals surface area contributed by atoms with Gasteiger partial charge >= 0.3 is 0 Å². The van der Waals surface area contributed by atoms with Crippen LogP contribution in [-0.4, -0.2) is 6.04 Å². The molecule has 0 saturated carbocycles. The van der Waals surface area contributed by atoms with Gasteiger partial charge in [-0.3, -0.25) is 0 Å². The molecule has 0 saturated heterocycles. The van der Waals surface area contributed by atoms with Crippen molar-refractivity contribution in [3.8, 4) is 0 Å². The van der Waals surface area contributed by atoms with Crippen molar-refractivity contribution in [2.75, 3.05) is 5.73 Å². The minimum atomic E-state index is 0.347. The van der Waals surface area contributed by atoms with Gasteiger partial charge in [-0.15, -0.1) is 0 Å². The highest BCUT2D eigenvalue weighted by molar-refractivity contribution is 6.31. The summed E-state index contributed by atoms with van der Waals surface area (Å²) in [5.74, 6) is 0. The first-order valence-electron chi connectivity index (χ1n) is 6.47. The van der Waals surface area contributed by atoms with Crippen molar-refractivity contribution < 1.29 is 0 Å². The second kappa shape index (κ2) is 6.60. The third-order valence-electron chi connectivity index (χ3n) is 3.18. The SMILES string of the molecule is CC(Cc1ccccc1Cl)NCc1ccccc1N. The molecule has 2 nitrogen and oxygen atoms in total. The molecule has 0 aromatic heterocycles. The van der Waals surface area contributed by atoms with E-state index in [0.29, 0.717) is 6.04 Å². The number of hydrogen-bond donors (Lipinski definition) is 2. The molecule has 0 amide bonds. The fraction of sp³-hybridized carbons (Fsp3) is 0.250. The Labute approximate surface area is 119 Å². The summed E-state index contributed by atoms with van der Waals surface area (Å²) in [6.07, 6.45) is 0.909. The van der Waals surface area contributed by atoms with Crippen LogP contribution in [0, 0.1) is 0 Å². The fourth-order valence-corrected chi connectivity index (χ4v) is 2.26. The second-order valence-corrected chi connectivity index (χ2v) is 5.18. The third kappa shape index (κ3) is 3.98. The van der Waals surface area contributed by atoms with Gasteiger partial charge in [0.1, 0.15) is 0 Å². The Bertz CT molecular complexity index is 540. The first-order valence-corrected chi connectivity index (χ1v) is 6.85. The highest BCUT2D eigenvalue weighted by Gasteiger charge is 2.06. The molecule has 0 aliphatic heterocycles. The van der Waals surface area contributed by atoms with Crippen molar-refractivity contribution in [3.63, 3.8) is 0 Å². The van der Waals surface area contributed by atoms with E-state index >= 15 is 0 Å². The summed E-state index contributed by atoms with van der Waals surface area (Å²) in [5, 5.41) is 4.31. The molecule has 2 rings (SSSR count). The van der Waals surface area contributed by atoms with Crippen molar-refractivity contribution in [1.29, 1.82) is 0 Å². The van der Waals surface area contributed by atoms with E-state index < -0.39 is 0 Å². The summed E-state index contributed by atoms with van der Waals surface area (Å²) in [6.45, 7) is 2.93. The highest BCUT2D eigenvalue weighted by Crippen LogP contribution is 2.17. The number of rotatable bonds is 5. The maximum Gasteiger partial charge on any atom is 0.0438 e. The van der Waals surface area contributed by atoms with Crippen LogP contribution < -0.4 is 11.1 Å². The summed E-state index contributed by atoms with van der Waals surface area (Å²) in [6, 6.07) is 16.2. The normalized spacial score (nSPS) is 12.3.